The van der Waals surface area contributed by atoms with E-state index in [0.717, 1.165) is 0 Å². The first-order valence-electron chi connectivity index (χ1n) is 5.64. The van der Waals surface area contributed by atoms with Gasteiger partial charge in [0.15, 0.2) is 5.82 Å². The fraction of sp³-hybridized carbons (Fsp3) is 0.273. The Hall–Kier alpha value is -2.15. The lowest BCUT2D eigenvalue weighted by atomic mass is 10.2. The minimum absolute atomic E-state index is 0.0209. The summed E-state index contributed by atoms with van der Waals surface area (Å²) in [6.07, 6.45) is 1.07. The van der Waals surface area contributed by atoms with Gasteiger partial charge in [0.05, 0.1) is 15.8 Å². The molecule has 0 aliphatic carbocycles. The van der Waals surface area contributed by atoms with Crippen LogP contribution in [0.3, 0.4) is 0 Å². The van der Waals surface area contributed by atoms with E-state index in [4.69, 9.17) is 11.6 Å². The third kappa shape index (κ3) is 2.65. The molecule has 100 valence electrons. The zero-order chi connectivity index (χ0) is 14.0. The molecule has 1 amide bonds. The van der Waals surface area contributed by atoms with Gasteiger partial charge < -0.3 is 5.32 Å². The van der Waals surface area contributed by atoms with Gasteiger partial charge in [-0.15, -0.1) is 0 Å². The highest BCUT2D eigenvalue weighted by Gasteiger charge is 2.17. The third-order valence-electron chi connectivity index (χ3n) is 2.56. The lowest BCUT2D eigenvalue weighted by molar-refractivity contribution is -0.384. The van der Waals surface area contributed by atoms with E-state index in [0.29, 0.717) is 23.7 Å². The van der Waals surface area contributed by atoms with Gasteiger partial charge in [0.1, 0.15) is 5.02 Å². The fourth-order valence-corrected chi connectivity index (χ4v) is 1.92. The van der Waals surface area contributed by atoms with E-state index in [2.05, 4.69) is 15.5 Å². The maximum Gasteiger partial charge on any atom is 0.288 e. The van der Waals surface area contributed by atoms with Crippen LogP contribution in [-0.4, -0.2) is 21.0 Å². The monoisotopic (exact) mass is 282 g/mol. The number of fused-ring (bicyclic) bond motifs is 1. The summed E-state index contributed by atoms with van der Waals surface area (Å²) in [7, 11) is 0. The van der Waals surface area contributed by atoms with Gasteiger partial charge in [-0.25, -0.2) is 0 Å². The molecule has 1 aromatic heterocycles. The highest BCUT2D eigenvalue weighted by Crippen LogP contribution is 2.32. The van der Waals surface area contributed by atoms with Gasteiger partial charge in [-0.3, -0.25) is 20.0 Å². The van der Waals surface area contributed by atoms with Gasteiger partial charge in [-0.05, 0) is 12.5 Å². The molecule has 7 nitrogen and oxygen atoms in total. The van der Waals surface area contributed by atoms with Crippen LogP contribution in [0.1, 0.15) is 19.8 Å². The highest BCUT2D eigenvalue weighted by molar-refractivity contribution is 6.33. The van der Waals surface area contributed by atoms with Crippen LogP contribution in [0, 0.1) is 10.1 Å². The summed E-state index contributed by atoms with van der Waals surface area (Å²) in [4.78, 5) is 21.8. The van der Waals surface area contributed by atoms with Gasteiger partial charge in [-0.1, -0.05) is 18.5 Å². The van der Waals surface area contributed by atoms with Crippen LogP contribution in [0.5, 0.6) is 0 Å². The number of hydrogen-bond acceptors (Lipinski definition) is 4. The molecule has 0 spiro atoms. The second-order valence-corrected chi connectivity index (χ2v) is 4.38. The van der Waals surface area contributed by atoms with Crippen LogP contribution >= 0.6 is 11.6 Å². The van der Waals surface area contributed by atoms with Crippen molar-refractivity contribution in [3.63, 3.8) is 0 Å². The van der Waals surface area contributed by atoms with Crippen molar-refractivity contribution in [1.82, 2.24) is 10.2 Å². The molecular weight excluding hydrogens is 272 g/mol. The molecule has 0 aliphatic rings. The summed E-state index contributed by atoms with van der Waals surface area (Å²) in [6, 6.07) is 2.71. The number of H-pyrrole nitrogens is 1. The molecule has 0 saturated carbocycles. The molecule has 0 saturated heterocycles. The summed E-state index contributed by atoms with van der Waals surface area (Å²) in [6.45, 7) is 1.88. The normalized spacial score (nSPS) is 10.6. The number of aromatic nitrogens is 2. The van der Waals surface area contributed by atoms with Gasteiger partial charge in [0, 0.05) is 12.5 Å². The molecule has 0 aliphatic heterocycles. The number of nitrogens with zero attached hydrogens (tertiary/aromatic N) is 2. The average molecular weight is 283 g/mol. The molecule has 19 heavy (non-hydrogen) atoms. The van der Waals surface area contributed by atoms with Crippen molar-refractivity contribution < 1.29 is 9.72 Å². The molecule has 8 heteroatoms. The number of hydrogen-bond donors (Lipinski definition) is 2. The van der Waals surface area contributed by atoms with Crippen molar-refractivity contribution in [2.45, 2.75) is 19.8 Å². The zero-order valence-electron chi connectivity index (χ0n) is 10.1. The van der Waals surface area contributed by atoms with Crippen molar-refractivity contribution in [3.05, 3.63) is 27.3 Å². The predicted molar refractivity (Wildman–Crippen MR) is 71.3 cm³/mol. The van der Waals surface area contributed by atoms with Crippen LogP contribution in [0.15, 0.2) is 12.1 Å². The van der Waals surface area contributed by atoms with Crippen LogP contribution in [0.4, 0.5) is 11.5 Å². The minimum atomic E-state index is -0.577. The van der Waals surface area contributed by atoms with Crippen LogP contribution < -0.4 is 5.32 Å². The molecule has 0 radical (unpaired) electrons. The van der Waals surface area contributed by atoms with E-state index < -0.39 is 4.92 Å². The Morgan fingerprint density at radius 1 is 1.58 bits per heavy atom. The van der Waals surface area contributed by atoms with E-state index in [1.807, 2.05) is 6.92 Å². The standard InChI is InChI=1S/C11H11ClN4O3/c1-2-3-10(17)13-11-6-4-9(16(18)19)7(12)5-8(6)14-15-11/h4-5H,2-3H2,1H3,(H2,13,14,15,17). The molecule has 0 atom stereocenters. The number of amides is 1. The Morgan fingerprint density at radius 3 is 2.95 bits per heavy atom. The molecule has 2 N–H and O–H groups in total. The molecule has 2 rings (SSSR count). The van der Waals surface area contributed by atoms with Gasteiger partial charge in [0.2, 0.25) is 5.91 Å². The summed E-state index contributed by atoms with van der Waals surface area (Å²) in [5.74, 6) is 0.0849. The smallest absolute Gasteiger partial charge is 0.288 e. The first-order valence-corrected chi connectivity index (χ1v) is 6.02. The van der Waals surface area contributed by atoms with Crippen molar-refractivity contribution in [2.24, 2.45) is 0 Å². The third-order valence-corrected chi connectivity index (χ3v) is 2.86. The van der Waals surface area contributed by atoms with Crippen molar-refractivity contribution >= 4 is 39.9 Å². The fourth-order valence-electron chi connectivity index (χ4n) is 1.68. The zero-order valence-corrected chi connectivity index (χ0v) is 10.8. The molecule has 1 heterocycles. The van der Waals surface area contributed by atoms with E-state index in [9.17, 15) is 14.9 Å². The Labute approximate surface area is 113 Å². The largest absolute Gasteiger partial charge is 0.309 e. The molecular formula is C11H11ClN4O3. The topological polar surface area (TPSA) is 101 Å². The average Bonchev–Trinajstić information content (AvgIpc) is 2.70. The molecule has 0 bridgehead atoms. The number of aromatic amines is 1. The second-order valence-electron chi connectivity index (χ2n) is 3.98. The van der Waals surface area contributed by atoms with Crippen molar-refractivity contribution in [1.29, 1.82) is 0 Å². The molecule has 0 unspecified atom stereocenters. The molecule has 0 fully saturated rings. The second kappa shape index (κ2) is 5.23. The number of rotatable bonds is 4. The number of halogens is 1. The van der Waals surface area contributed by atoms with Crippen molar-refractivity contribution in [2.75, 3.05) is 5.32 Å². The maximum absolute atomic E-state index is 11.5. The number of carbonyl (C=O) groups is 1. The Bertz CT molecular complexity index is 653. The van der Waals surface area contributed by atoms with Crippen LogP contribution in [0.2, 0.25) is 5.02 Å². The number of carbonyl (C=O) groups excluding carboxylic acids is 1. The highest BCUT2D eigenvalue weighted by atomic mass is 35.5. The number of nitro benzene ring substituents is 1. The minimum Gasteiger partial charge on any atom is -0.309 e. The summed E-state index contributed by atoms with van der Waals surface area (Å²) < 4.78 is 0. The number of nitro groups is 1. The summed E-state index contributed by atoms with van der Waals surface area (Å²) in [5.41, 5.74) is 0.309. The van der Waals surface area contributed by atoms with E-state index in [1.54, 1.807) is 0 Å². The molecule has 2 aromatic rings. The first kappa shape index (κ1) is 13.3. The lowest BCUT2D eigenvalue weighted by Gasteiger charge is -2.01. The van der Waals surface area contributed by atoms with Gasteiger partial charge in [-0.2, -0.15) is 5.10 Å². The van der Waals surface area contributed by atoms with Crippen LogP contribution in [0.25, 0.3) is 10.9 Å². The quantitative estimate of drug-likeness (QED) is 0.665. The number of anilines is 1. The maximum atomic E-state index is 11.5. The Balaban J connectivity index is 2.44. The van der Waals surface area contributed by atoms with E-state index >= 15 is 0 Å². The van der Waals surface area contributed by atoms with Crippen molar-refractivity contribution in [3.8, 4) is 0 Å². The van der Waals surface area contributed by atoms with Crippen LogP contribution in [-0.2, 0) is 4.79 Å². The predicted octanol–water partition coefficient (Wildman–Crippen LogP) is 2.86. The Kier molecular flexibility index (Phi) is 3.66. The number of nitrogens with one attached hydrogen (secondary N) is 2. The lowest BCUT2D eigenvalue weighted by Crippen LogP contribution is -2.11. The summed E-state index contributed by atoms with van der Waals surface area (Å²) in [5, 5.41) is 20.5. The van der Waals surface area contributed by atoms with E-state index in [-0.39, 0.29) is 22.4 Å². The Morgan fingerprint density at radius 2 is 2.32 bits per heavy atom. The van der Waals surface area contributed by atoms with E-state index in [1.165, 1.54) is 12.1 Å². The summed E-state index contributed by atoms with van der Waals surface area (Å²) >= 11 is 5.79. The number of benzene rings is 1. The molecule has 1 aromatic carbocycles. The first-order chi connectivity index (χ1) is 9.02. The van der Waals surface area contributed by atoms with Gasteiger partial charge >= 0.3 is 0 Å². The van der Waals surface area contributed by atoms with Gasteiger partial charge in [0.25, 0.3) is 5.69 Å². The SMILES string of the molecule is CCCC(=O)Nc1n[nH]c2cc(Cl)c([N+](=O)[O-])cc12.